The summed E-state index contributed by atoms with van der Waals surface area (Å²) in [5.74, 6) is -0.0830. The lowest BCUT2D eigenvalue weighted by atomic mass is 9.77. The molecule has 0 aromatic heterocycles. The lowest BCUT2D eigenvalue weighted by Crippen LogP contribution is -2.30. The Bertz CT molecular complexity index is 181. The van der Waals surface area contributed by atoms with Crippen LogP contribution in [0.25, 0.3) is 0 Å². The molecule has 10 heavy (non-hydrogen) atoms. The summed E-state index contributed by atoms with van der Waals surface area (Å²) < 4.78 is 0. The minimum atomic E-state index is -0.127. The van der Waals surface area contributed by atoms with Gasteiger partial charge in [-0.15, -0.1) is 0 Å². The van der Waals surface area contributed by atoms with Gasteiger partial charge in [-0.05, 0) is 13.8 Å². The number of carbonyl (C=O) groups is 2. The van der Waals surface area contributed by atoms with Crippen LogP contribution in [0.2, 0.25) is 0 Å². The summed E-state index contributed by atoms with van der Waals surface area (Å²) in [6.07, 6.45) is 3.57. The summed E-state index contributed by atoms with van der Waals surface area (Å²) in [4.78, 5) is 21.5. The Balaban J connectivity index is 2.63. The van der Waals surface area contributed by atoms with E-state index in [0.29, 0.717) is 0 Å². The van der Waals surface area contributed by atoms with Crippen molar-refractivity contribution < 1.29 is 9.59 Å². The van der Waals surface area contributed by atoms with Gasteiger partial charge < -0.3 is 0 Å². The molecule has 0 saturated heterocycles. The largest absolute Gasteiger partial charge is 0.299 e. The second kappa shape index (κ2) is 2.37. The van der Waals surface area contributed by atoms with Crippen LogP contribution in [0.4, 0.5) is 0 Å². The van der Waals surface area contributed by atoms with Crippen molar-refractivity contribution in [2.45, 2.75) is 13.8 Å². The third kappa shape index (κ3) is 1.01. The van der Waals surface area contributed by atoms with E-state index in [1.807, 2.05) is 0 Å². The van der Waals surface area contributed by atoms with Crippen LogP contribution in [0.5, 0.6) is 0 Å². The van der Waals surface area contributed by atoms with Crippen LogP contribution >= 0.6 is 0 Å². The van der Waals surface area contributed by atoms with E-state index in [2.05, 4.69) is 0 Å². The fourth-order valence-corrected chi connectivity index (χ4v) is 1.11. The second-order valence-corrected chi connectivity index (χ2v) is 2.66. The SMILES string of the molecule is CC(=O)C1C=CC1C(C)=O. The molecule has 0 spiro atoms. The molecule has 0 heterocycles. The van der Waals surface area contributed by atoms with Crippen LogP contribution in [-0.2, 0) is 9.59 Å². The summed E-state index contributed by atoms with van der Waals surface area (Å²) in [6.45, 7) is 3.04. The highest BCUT2D eigenvalue weighted by Gasteiger charge is 2.30. The molecule has 0 aliphatic heterocycles. The summed E-state index contributed by atoms with van der Waals surface area (Å²) >= 11 is 0. The highest BCUT2D eigenvalue weighted by atomic mass is 16.1. The number of rotatable bonds is 2. The zero-order valence-corrected chi connectivity index (χ0v) is 6.13. The molecule has 2 atom stereocenters. The average molecular weight is 138 g/mol. The first-order valence-corrected chi connectivity index (χ1v) is 3.32. The Morgan fingerprint density at radius 3 is 1.40 bits per heavy atom. The number of Topliss-reactive ketones (excluding diaryl/α,β-unsaturated/α-hetero) is 2. The number of ketones is 2. The van der Waals surface area contributed by atoms with E-state index < -0.39 is 0 Å². The first kappa shape index (κ1) is 7.19. The highest BCUT2D eigenvalue weighted by Crippen LogP contribution is 2.26. The van der Waals surface area contributed by atoms with Gasteiger partial charge in [-0.25, -0.2) is 0 Å². The van der Waals surface area contributed by atoms with Crippen LogP contribution < -0.4 is 0 Å². The van der Waals surface area contributed by atoms with Crippen LogP contribution in [-0.4, -0.2) is 11.6 Å². The zero-order valence-electron chi connectivity index (χ0n) is 6.13. The quantitative estimate of drug-likeness (QED) is 0.533. The molecule has 0 radical (unpaired) electrons. The highest BCUT2D eigenvalue weighted by molar-refractivity contribution is 5.92. The molecule has 0 amide bonds. The Hall–Kier alpha value is -0.920. The third-order valence-electron chi connectivity index (χ3n) is 1.85. The third-order valence-corrected chi connectivity index (χ3v) is 1.85. The van der Waals surface area contributed by atoms with E-state index in [1.165, 1.54) is 13.8 Å². The summed E-state index contributed by atoms with van der Waals surface area (Å²) in [6, 6.07) is 0. The van der Waals surface area contributed by atoms with Gasteiger partial charge in [0, 0.05) is 11.8 Å². The second-order valence-electron chi connectivity index (χ2n) is 2.66. The predicted octanol–water partition coefficient (Wildman–Crippen LogP) is 0.967. The van der Waals surface area contributed by atoms with Crippen molar-refractivity contribution in [1.82, 2.24) is 0 Å². The van der Waals surface area contributed by atoms with Gasteiger partial charge >= 0.3 is 0 Å². The first-order valence-electron chi connectivity index (χ1n) is 3.32. The number of allylic oxidation sites excluding steroid dienone is 2. The van der Waals surface area contributed by atoms with E-state index in [-0.39, 0.29) is 23.4 Å². The van der Waals surface area contributed by atoms with Gasteiger partial charge in [0.1, 0.15) is 11.6 Å². The minimum Gasteiger partial charge on any atom is -0.299 e. The summed E-state index contributed by atoms with van der Waals surface area (Å²) in [5.41, 5.74) is 0. The maximum absolute atomic E-state index is 10.7. The standard InChI is InChI=1S/C8H10O2/c1-5(9)7-3-4-8(7)6(2)10/h3-4,7-8H,1-2H3. The van der Waals surface area contributed by atoms with Crippen LogP contribution in [0, 0.1) is 11.8 Å². The van der Waals surface area contributed by atoms with E-state index in [1.54, 1.807) is 12.2 Å². The molecule has 1 aliphatic carbocycles. The van der Waals surface area contributed by atoms with Crippen LogP contribution in [0.1, 0.15) is 13.8 Å². The molecule has 2 unspecified atom stereocenters. The molecule has 0 N–H and O–H groups in total. The van der Waals surface area contributed by atoms with Gasteiger partial charge in [0.25, 0.3) is 0 Å². The van der Waals surface area contributed by atoms with E-state index in [0.717, 1.165) is 0 Å². The van der Waals surface area contributed by atoms with Gasteiger partial charge in [0.15, 0.2) is 0 Å². The molecule has 1 rings (SSSR count). The molecule has 2 heteroatoms. The number of carbonyl (C=O) groups excluding carboxylic acids is 2. The number of hydrogen-bond acceptors (Lipinski definition) is 2. The maximum Gasteiger partial charge on any atom is 0.137 e. The summed E-state index contributed by atoms with van der Waals surface area (Å²) in [5, 5.41) is 0. The molecular formula is C8H10O2. The predicted molar refractivity (Wildman–Crippen MR) is 37.5 cm³/mol. The van der Waals surface area contributed by atoms with E-state index in [9.17, 15) is 9.59 Å². The van der Waals surface area contributed by atoms with Crippen molar-refractivity contribution in [3.63, 3.8) is 0 Å². The Labute approximate surface area is 59.9 Å². The summed E-state index contributed by atoms with van der Waals surface area (Å²) in [7, 11) is 0. The van der Waals surface area contributed by atoms with E-state index in [4.69, 9.17) is 0 Å². The molecule has 0 aromatic carbocycles. The van der Waals surface area contributed by atoms with Crippen molar-refractivity contribution in [3.05, 3.63) is 12.2 Å². The van der Waals surface area contributed by atoms with Gasteiger partial charge in [-0.2, -0.15) is 0 Å². The normalized spacial score (nSPS) is 29.4. The molecule has 54 valence electrons. The fraction of sp³-hybridized carbons (Fsp3) is 0.500. The maximum atomic E-state index is 10.7. The van der Waals surface area contributed by atoms with Crippen LogP contribution in [0.3, 0.4) is 0 Å². The van der Waals surface area contributed by atoms with Crippen molar-refractivity contribution in [2.75, 3.05) is 0 Å². The van der Waals surface area contributed by atoms with Crippen molar-refractivity contribution in [3.8, 4) is 0 Å². The van der Waals surface area contributed by atoms with Crippen molar-refractivity contribution in [1.29, 1.82) is 0 Å². The molecule has 0 bridgehead atoms. The molecule has 2 nitrogen and oxygen atoms in total. The van der Waals surface area contributed by atoms with Crippen molar-refractivity contribution >= 4 is 11.6 Å². The lowest BCUT2D eigenvalue weighted by molar-refractivity contribution is -0.128. The Kier molecular flexibility index (Phi) is 1.70. The van der Waals surface area contributed by atoms with Gasteiger partial charge in [-0.3, -0.25) is 9.59 Å². The van der Waals surface area contributed by atoms with Crippen LogP contribution in [0.15, 0.2) is 12.2 Å². The molecule has 0 fully saturated rings. The van der Waals surface area contributed by atoms with Gasteiger partial charge in [0.05, 0.1) is 0 Å². The number of hydrogen-bond donors (Lipinski definition) is 0. The lowest BCUT2D eigenvalue weighted by Gasteiger charge is -2.24. The zero-order chi connectivity index (χ0) is 7.72. The fourth-order valence-electron chi connectivity index (χ4n) is 1.11. The average Bonchev–Trinajstić information content (AvgIpc) is 1.56. The molecular weight excluding hydrogens is 128 g/mol. The minimum absolute atomic E-state index is 0.0858. The Morgan fingerprint density at radius 1 is 1.00 bits per heavy atom. The molecule has 0 aromatic rings. The van der Waals surface area contributed by atoms with E-state index >= 15 is 0 Å². The molecule has 0 saturated carbocycles. The van der Waals surface area contributed by atoms with Gasteiger partial charge in [-0.1, -0.05) is 12.2 Å². The first-order chi connectivity index (χ1) is 4.63. The molecule has 1 aliphatic rings. The topological polar surface area (TPSA) is 34.1 Å². The van der Waals surface area contributed by atoms with Crippen molar-refractivity contribution in [2.24, 2.45) is 11.8 Å². The monoisotopic (exact) mass is 138 g/mol. The smallest absolute Gasteiger partial charge is 0.137 e. The Morgan fingerprint density at radius 2 is 1.30 bits per heavy atom. The van der Waals surface area contributed by atoms with Gasteiger partial charge in [0.2, 0.25) is 0 Å².